The Morgan fingerprint density at radius 2 is 2.22 bits per heavy atom. The maximum atomic E-state index is 12.8. The van der Waals surface area contributed by atoms with Crippen LogP contribution >= 0.6 is 11.6 Å². The summed E-state index contributed by atoms with van der Waals surface area (Å²) in [6.45, 7) is -0.637. The van der Waals surface area contributed by atoms with Gasteiger partial charge in [0, 0.05) is 6.08 Å². The topological polar surface area (TPSA) is 75.6 Å². The summed E-state index contributed by atoms with van der Waals surface area (Å²) in [6, 6.07) is 3.95. The van der Waals surface area contributed by atoms with E-state index in [0.29, 0.717) is 5.56 Å². The van der Waals surface area contributed by atoms with Crippen LogP contribution in [0.15, 0.2) is 24.3 Å². The second-order valence-corrected chi connectivity index (χ2v) is 3.56. The number of carbonyl (C=O) groups excluding carboxylic acids is 1. The normalized spacial score (nSPS) is 10.6. The van der Waals surface area contributed by atoms with E-state index in [2.05, 4.69) is 4.84 Å². The Labute approximate surface area is 107 Å². The maximum Gasteiger partial charge on any atom is 0.332 e. The Hall–Kier alpha value is -1.92. The van der Waals surface area contributed by atoms with E-state index in [0.717, 1.165) is 6.08 Å². The van der Waals surface area contributed by atoms with Gasteiger partial charge in [0.05, 0.1) is 5.02 Å². The summed E-state index contributed by atoms with van der Waals surface area (Å²) in [6.07, 6.45) is 2.48. The number of hydroxylamine groups is 1. The first-order chi connectivity index (χ1) is 8.49. The van der Waals surface area contributed by atoms with Crippen LogP contribution < -0.4 is 5.48 Å². The van der Waals surface area contributed by atoms with Crippen LogP contribution in [0.5, 0.6) is 0 Å². The quantitative estimate of drug-likeness (QED) is 0.631. The predicted octanol–water partition coefficient (Wildman–Crippen LogP) is 1.62. The zero-order valence-corrected chi connectivity index (χ0v) is 9.78. The minimum atomic E-state index is -1.20. The third-order valence-electron chi connectivity index (χ3n) is 1.74. The fraction of sp³-hybridized carbons (Fsp3) is 0.0909. The summed E-state index contributed by atoms with van der Waals surface area (Å²) in [4.78, 5) is 25.6. The number of carboxylic acids is 1. The highest BCUT2D eigenvalue weighted by atomic mass is 35.5. The molecule has 0 unspecified atom stereocenters. The van der Waals surface area contributed by atoms with Crippen LogP contribution in [0.2, 0.25) is 5.02 Å². The van der Waals surface area contributed by atoms with Gasteiger partial charge in [0.1, 0.15) is 5.82 Å². The zero-order chi connectivity index (χ0) is 13.5. The number of nitrogens with one attached hydrogen (secondary N) is 1. The number of carbonyl (C=O) groups is 2. The van der Waals surface area contributed by atoms with Crippen molar-refractivity contribution >= 4 is 29.6 Å². The van der Waals surface area contributed by atoms with Gasteiger partial charge in [-0.15, -0.1) is 0 Å². The molecule has 0 aliphatic carbocycles. The minimum absolute atomic E-state index is 0.0558. The van der Waals surface area contributed by atoms with Crippen molar-refractivity contribution in [2.75, 3.05) is 6.61 Å². The lowest BCUT2D eigenvalue weighted by Crippen LogP contribution is -2.24. The number of aliphatic carboxylic acids is 1. The molecule has 5 nitrogen and oxygen atoms in total. The van der Waals surface area contributed by atoms with Crippen LogP contribution in [0, 0.1) is 5.82 Å². The monoisotopic (exact) mass is 273 g/mol. The number of hydrogen-bond acceptors (Lipinski definition) is 3. The third kappa shape index (κ3) is 4.94. The van der Waals surface area contributed by atoms with Crippen LogP contribution in [0.4, 0.5) is 4.39 Å². The predicted molar refractivity (Wildman–Crippen MR) is 62.2 cm³/mol. The number of hydrogen-bond donors (Lipinski definition) is 2. The largest absolute Gasteiger partial charge is 0.479 e. The van der Waals surface area contributed by atoms with Crippen molar-refractivity contribution in [1.29, 1.82) is 0 Å². The lowest BCUT2D eigenvalue weighted by molar-refractivity contribution is -0.147. The van der Waals surface area contributed by atoms with Gasteiger partial charge < -0.3 is 5.11 Å². The minimum Gasteiger partial charge on any atom is -0.479 e. The van der Waals surface area contributed by atoms with Gasteiger partial charge in [-0.3, -0.25) is 9.63 Å². The molecule has 1 rings (SSSR count). The molecule has 0 atom stereocenters. The first-order valence-electron chi connectivity index (χ1n) is 4.75. The summed E-state index contributed by atoms with van der Waals surface area (Å²) < 4.78 is 12.8. The second kappa shape index (κ2) is 6.73. The van der Waals surface area contributed by atoms with Crippen LogP contribution in [0.25, 0.3) is 6.08 Å². The van der Waals surface area contributed by atoms with Crippen molar-refractivity contribution in [3.05, 3.63) is 40.7 Å². The first-order valence-corrected chi connectivity index (χ1v) is 5.13. The smallest absolute Gasteiger partial charge is 0.332 e. The van der Waals surface area contributed by atoms with Crippen LogP contribution in [-0.2, 0) is 14.4 Å². The number of rotatable bonds is 5. The molecule has 0 saturated carbocycles. The van der Waals surface area contributed by atoms with Crippen molar-refractivity contribution in [3.63, 3.8) is 0 Å². The fourth-order valence-corrected chi connectivity index (χ4v) is 1.18. The molecule has 18 heavy (non-hydrogen) atoms. The Bertz CT molecular complexity index is 490. The molecule has 0 bridgehead atoms. The average molecular weight is 274 g/mol. The summed E-state index contributed by atoms with van der Waals surface area (Å²) >= 11 is 5.55. The number of benzene rings is 1. The lowest BCUT2D eigenvalue weighted by atomic mass is 10.2. The summed E-state index contributed by atoms with van der Waals surface area (Å²) in [7, 11) is 0. The van der Waals surface area contributed by atoms with Crippen LogP contribution in [0.1, 0.15) is 5.56 Å². The molecule has 0 aliphatic rings. The van der Waals surface area contributed by atoms with E-state index in [1.165, 1.54) is 24.3 Å². The van der Waals surface area contributed by atoms with Crippen LogP contribution in [0.3, 0.4) is 0 Å². The number of amides is 1. The van der Waals surface area contributed by atoms with E-state index in [1.54, 1.807) is 0 Å². The highest BCUT2D eigenvalue weighted by molar-refractivity contribution is 6.30. The Morgan fingerprint density at radius 3 is 2.83 bits per heavy atom. The van der Waals surface area contributed by atoms with Gasteiger partial charge in [0.25, 0.3) is 5.91 Å². The molecule has 0 heterocycles. The van der Waals surface area contributed by atoms with Gasteiger partial charge in [-0.1, -0.05) is 17.7 Å². The molecule has 0 saturated heterocycles. The molecule has 0 aliphatic heterocycles. The van der Waals surface area contributed by atoms with Gasteiger partial charge >= 0.3 is 5.97 Å². The molecule has 0 radical (unpaired) electrons. The van der Waals surface area contributed by atoms with Crippen molar-refractivity contribution in [3.8, 4) is 0 Å². The van der Waals surface area contributed by atoms with Crippen molar-refractivity contribution in [1.82, 2.24) is 5.48 Å². The zero-order valence-electron chi connectivity index (χ0n) is 9.02. The highest BCUT2D eigenvalue weighted by Gasteiger charge is 2.01. The van der Waals surface area contributed by atoms with Gasteiger partial charge in [-0.25, -0.2) is 14.7 Å². The van der Waals surface area contributed by atoms with E-state index >= 15 is 0 Å². The summed E-state index contributed by atoms with van der Waals surface area (Å²) in [5.74, 6) is -2.40. The molecular formula is C11H9ClFNO4. The molecule has 7 heteroatoms. The van der Waals surface area contributed by atoms with Crippen molar-refractivity contribution < 1.29 is 23.9 Å². The second-order valence-electron chi connectivity index (χ2n) is 3.16. The number of carboxylic acid groups (broad SMARTS) is 1. The van der Waals surface area contributed by atoms with E-state index in [9.17, 15) is 14.0 Å². The molecule has 1 aromatic rings. The highest BCUT2D eigenvalue weighted by Crippen LogP contribution is 2.16. The first kappa shape index (κ1) is 14.1. The summed E-state index contributed by atoms with van der Waals surface area (Å²) in [5, 5.41) is 8.19. The van der Waals surface area contributed by atoms with Gasteiger partial charge in [-0.05, 0) is 23.8 Å². The molecule has 1 aromatic carbocycles. The maximum absolute atomic E-state index is 12.8. The fourth-order valence-electron chi connectivity index (χ4n) is 0.991. The Morgan fingerprint density at radius 1 is 1.50 bits per heavy atom. The number of halogens is 2. The molecule has 0 aromatic heterocycles. The summed E-state index contributed by atoms with van der Waals surface area (Å²) in [5.41, 5.74) is 2.42. The Balaban J connectivity index is 2.50. The molecule has 0 spiro atoms. The van der Waals surface area contributed by atoms with Gasteiger partial charge in [0.15, 0.2) is 6.61 Å². The Kier molecular flexibility index (Phi) is 5.29. The SMILES string of the molecule is O=C(O)CONC(=O)/C=C/c1ccc(F)c(Cl)c1. The van der Waals surface area contributed by atoms with Gasteiger partial charge in [0.2, 0.25) is 0 Å². The van der Waals surface area contributed by atoms with Crippen molar-refractivity contribution in [2.45, 2.75) is 0 Å². The average Bonchev–Trinajstić information content (AvgIpc) is 2.30. The van der Waals surface area contributed by atoms with E-state index in [4.69, 9.17) is 16.7 Å². The van der Waals surface area contributed by atoms with E-state index in [1.807, 2.05) is 5.48 Å². The molecule has 1 amide bonds. The van der Waals surface area contributed by atoms with E-state index in [-0.39, 0.29) is 5.02 Å². The van der Waals surface area contributed by atoms with Crippen molar-refractivity contribution in [2.24, 2.45) is 0 Å². The molecule has 2 N–H and O–H groups in total. The molecular weight excluding hydrogens is 265 g/mol. The third-order valence-corrected chi connectivity index (χ3v) is 2.03. The van der Waals surface area contributed by atoms with Crippen LogP contribution in [-0.4, -0.2) is 23.6 Å². The lowest BCUT2D eigenvalue weighted by Gasteiger charge is -1.99. The van der Waals surface area contributed by atoms with E-state index < -0.39 is 24.3 Å². The standard InChI is InChI=1S/C11H9ClFNO4/c12-8-5-7(1-3-9(8)13)2-4-10(15)14-18-6-11(16)17/h1-5H,6H2,(H,14,15)(H,16,17)/b4-2+. The molecule has 96 valence electrons. The molecule has 0 fully saturated rings. The van der Waals surface area contributed by atoms with Gasteiger partial charge in [-0.2, -0.15) is 0 Å².